The zero-order valence-corrected chi connectivity index (χ0v) is 12.6. The van der Waals surface area contributed by atoms with E-state index in [-0.39, 0.29) is 6.61 Å². The lowest BCUT2D eigenvalue weighted by Crippen LogP contribution is -2.29. The summed E-state index contributed by atoms with van der Waals surface area (Å²) in [7, 11) is -3.43. The summed E-state index contributed by atoms with van der Waals surface area (Å²) in [6.07, 6.45) is 1.08. The molecular formula is C11H17NO3S3. The van der Waals surface area contributed by atoms with E-state index in [2.05, 4.69) is 4.72 Å². The highest BCUT2D eigenvalue weighted by atomic mass is 32.2. The van der Waals surface area contributed by atoms with Crippen LogP contribution in [0.5, 0.6) is 0 Å². The molecule has 0 aliphatic carbocycles. The molecule has 0 amide bonds. The van der Waals surface area contributed by atoms with Gasteiger partial charge < -0.3 is 5.11 Å². The van der Waals surface area contributed by atoms with Crippen molar-refractivity contribution in [1.29, 1.82) is 0 Å². The average Bonchev–Trinajstić information content (AvgIpc) is 2.95. The SMILES string of the molecule is Cc1sc(CO)cc1S(=O)(=O)NCC1CCSC1. The molecule has 1 fully saturated rings. The molecule has 4 nitrogen and oxygen atoms in total. The van der Waals surface area contributed by atoms with Crippen LogP contribution in [0.2, 0.25) is 0 Å². The molecule has 1 aromatic rings. The van der Waals surface area contributed by atoms with Gasteiger partial charge in [0, 0.05) is 16.3 Å². The molecule has 0 bridgehead atoms. The maximum Gasteiger partial charge on any atom is 0.241 e. The predicted molar refractivity (Wildman–Crippen MR) is 75.6 cm³/mol. The highest BCUT2D eigenvalue weighted by molar-refractivity contribution is 7.99. The topological polar surface area (TPSA) is 66.4 Å². The first-order valence-corrected chi connectivity index (χ1v) is 9.26. The lowest BCUT2D eigenvalue weighted by atomic mass is 10.1. The molecule has 0 spiro atoms. The molecule has 2 rings (SSSR count). The Balaban J connectivity index is 2.06. The molecule has 102 valence electrons. The average molecular weight is 307 g/mol. The van der Waals surface area contributed by atoms with E-state index in [4.69, 9.17) is 5.11 Å². The number of thiophene rings is 1. The summed E-state index contributed by atoms with van der Waals surface area (Å²) in [6, 6.07) is 1.56. The van der Waals surface area contributed by atoms with Crippen molar-refractivity contribution < 1.29 is 13.5 Å². The second-order valence-corrected chi connectivity index (χ2v) is 8.60. The molecule has 1 aromatic heterocycles. The first-order valence-electron chi connectivity index (χ1n) is 5.80. The van der Waals surface area contributed by atoms with E-state index in [9.17, 15) is 8.42 Å². The Morgan fingerprint density at radius 2 is 2.33 bits per heavy atom. The van der Waals surface area contributed by atoms with E-state index in [1.54, 1.807) is 13.0 Å². The minimum atomic E-state index is -3.43. The lowest BCUT2D eigenvalue weighted by Gasteiger charge is -2.10. The van der Waals surface area contributed by atoms with Crippen LogP contribution in [0.15, 0.2) is 11.0 Å². The molecule has 18 heavy (non-hydrogen) atoms. The second kappa shape index (κ2) is 5.92. The molecule has 0 radical (unpaired) electrons. The smallest absolute Gasteiger partial charge is 0.241 e. The normalized spacial score (nSPS) is 20.4. The number of aliphatic hydroxyl groups is 1. The highest BCUT2D eigenvalue weighted by Crippen LogP contribution is 2.27. The number of hydrogen-bond acceptors (Lipinski definition) is 5. The van der Waals surface area contributed by atoms with Crippen molar-refractivity contribution in [3.8, 4) is 0 Å². The van der Waals surface area contributed by atoms with Crippen molar-refractivity contribution in [1.82, 2.24) is 4.72 Å². The van der Waals surface area contributed by atoms with Gasteiger partial charge in [-0.25, -0.2) is 13.1 Å². The summed E-state index contributed by atoms with van der Waals surface area (Å²) < 4.78 is 27.0. The van der Waals surface area contributed by atoms with Gasteiger partial charge in [0.2, 0.25) is 10.0 Å². The van der Waals surface area contributed by atoms with Crippen molar-refractivity contribution in [3.05, 3.63) is 15.8 Å². The molecule has 2 heterocycles. The van der Waals surface area contributed by atoms with Crippen LogP contribution in [0, 0.1) is 12.8 Å². The standard InChI is InChI=1S/C11H17NO3S3/c1-8-11(4-10(6-13)17-8)18(14,15)12-5-9-2-3-16-7-9/h4,9,12-13H,2-3,5-7H2,1H3. The van der Waals surface area contributed by atoms with Crippen molar-refractivity contribution in [2.45, 2.75) is 24.8 Å². The molecule has 1 atom stereocenters. The molecule has 2 N–H and O–H groups in total. The second-order valence-electron chi connectivity index (χ2n) is 4.37. The van der Waals surface area contributed by atoms with E-state index in [0.717, 1.165) is 22.8 Å². The molecule has 1 saturated heterocycles. The van der Waals surface area contributed by atoms with Crippen molar-refractivity contribution >= 4 is 33.1 Å². The van der Waals surface area contributed by atoms with Gasteiger partial charge in [0.05, 0.1) is 11.5 Å². The fourth-order valence-electron chi connectivity index (χ4n) is 1.92. The first-order chi connectivity index (χ1) is 8.53. The molecule has 7 heteroatoms. The maximum absolute atomic E-state index is 12.1. The Kier molecular flexibility index (Phi) is 4.71. The van der Waals surface area contributed by atoms with Crippen LogP contribution < -0.4 is 4.72 Å². The quantitative estimate of drug-likeness (QED) is 0.867. The Bertz CT molecular complexity index is 504. The van der Waals surface area contributed by atoms with Crippen LogP contribution >= 0.6 is 23.1 Å². The molecular weight excluding hydrogens is 290 g/mol. The van der Waals surface area contributed by atoms with E-state index in [1.807, 2.05) is 11.8 Å². The van der Waals surface area contributed by atoms with Crippen LogP contribution in [-0.2, 0) is 16.6 Å². The molecule has 0 aromatic carbocycles. The zero-order chi connectivity index (χ0) is 13.2. The largest absolute Gasteiger partial charge is 0.391 e. The summed E-state index contributed by atoms with van der Waals surface area (Å²) in [5.74, 6) is 2.60. The summed E-state index contributed by atoms with van der Waals surface area (Å²) >= 11 is 3.20. The third-order valence-electron chi connectivity index (χ3n) is 2.95. The number of hydrogen-bond donors (Lipinski definition) is 2. The van der Waals surface area contributed by atoms with E-state index >= 15 is 0 Å². The third kappa shape index (κ3) is 3.27. The monoisotopic (exact) mass is 307 g/mol. The van der Waals surface area contributed by atoms with Gasteiger partial charge in [0.1, 0.15) is 0 Å². The molecule has 0 saturated carbocycles. The highest BCUT2D eigenvalue weighted by Gasteiger charge is 2.22. The van der Waals surface area contributed by atoms with E-state index in [0.29, 0.717) is 22.2 Å². The molecule has 1 unspecified atom stereocenters. The number of nitrogens with one attached hydrogen (secondary N) is 1. The first kappa shape index (κ1) is 14.3. The molecule has 1 aliphatic rings. The van der Waals surface area contributed by atoms with Crippen molar-refractivity contribution in [3.63, 3.8) is 0 Å². The molecule has 1 aliphatic heterocycles. The Labute approximate surface area is 116 Å². The van der Waals surface area contributed by atoms with E-state index < -0.39 is 10.0 Å². The summed E-state index contributed by atoms with van der Waals surface area (Å²) in [6.45, 7) is 2.17. The fraction of sp³-hybridized carbons (Fsp3) is 0.636. The van der Waals surface area contributed by atoms with Crippen LogP contribution in [0.1, 0.15) is 16.2 Å². The van der Waals surface area contributed by atoms with Gasteiger partial charge in [-0.1, -0.05) is 0 Å². The van der Waals surface area contributed by atoms with Gasteiger partial charge in [-0.05, 0) is 36.8 Å². The third-order valence-corrected chi connectivity index (χ3v) is 6.90. The Hall–Kier alpha value is -0.0800. The van der Waals surface area contributed by atoms with Gasteiger partial charge in [-0.3, -0.25) is 0 Å². The Morgan fingerprint density at radius 3 is 2.89 bits per heavy atom. The van der Waals surface area contributed by atoms with Crippen molar-refractivity contribution in [2.75, 3.05) is 18.1 Å². The van der Waals surface area contributed by atoms with Gasteiger partial charge in [0.15, 0.2) is 0 Å². The fourth-order valence-corrected chi connectivity index (χ4v) is 5.81. The lowest BCUT2D eigenvalue weighted by molar-refractivity contribution is 0.285. The van der Waals surface area contributed by atoms with Crippen molar-refractivity contribution in [2.24, 2.45) is 5.92 Å². The van der Waals surface area contributed by atoms with Gasteiger partial charge >= 0.3 is 0 Å². The van der Waals surface area contributed by atoms with Gasteiger partial charge in [-0.15, -0.1) is 11.3 Å². The minimum absolute atomic E-state index is 0.111. The maximum atomic E-state index is 12.1. The van der Waals surface area contributed by atoms with Crippen LogP contribution in [0.3, 0.4) is 0 Å². The number of aryl methyl sites for hydroxylation is 1. The predicted octanol–water partition coefficient (Wildman–Crippen LogP) is 1.58. The number of thioether (sulfide) groups is 1. The van der Waals surface area contributed by atoms with Gasteiger partial charge in [0.25, 0.3) is 0 Å². The van der Waals surface area contributed by atoms with E-state index in [1.165, 1.54) is 11.3 Å². The Morgan fingerprint density at radius 1 is 1.56 bits per heavy atom. The summed E-state index contributed by atoms with van der Waals surface area (Å²) in [4.78, 5) is 1.72. The summed E-state index contributed by atoms with van der Waals surface area (Å²) in [5.41, 5.74) is 0. The van der Waals surface area contributed by atoms with Crippen LogP contribution in [0.25, 0.3) is 0 Å². The zero-order valence-electron chi connectivity index (χ0n) is 10.2. The van der Waals surface area contributed by atoms with Gasteiger partial charge in [-0.2, -0.15) is 11.8 Å². The minimum Gasteiger partial charge on any atom is -0.391 e. The van der Waals surface area contributed by atoms with Crippen LogP contribution in [0.4, 0.5) is 0 Å². The number of sulfonamides is 1. The number of aliphatic hydroxyl groups excluding tert-OH is 1. The number of rotatable bonds is 5. The summed E-state index contributed by atoms with van der Waals surface area (Å²) in [5, 5.41) is 9.04. The van der Waals surface area contributed by atoms with Crippen LogP contribution in [-0.4, -0.2) is 31.6 Å².